The predicted octanol–water partition coefficient (Wildman–Crippen LogP) is 3.19. The summed E-state index contributed by atoms with van der Waals surface area (Å²) in [6, 6.07) is -0.146. The Bertz CT molecular complexity index is 1110. The number of hydrogen-bond donors (Lipinski definition) is 2. The van der Waals surface area contributed by atoms with Crippen molar-refractivity contribution in [1.29, 1.82) is 0 Å². The summed E-state index contributed by atoms with van der Waals surface area (Å²) < 4.78 is 42.0. The first-order valence-corrected chi connectivity index (χ1v) is 17.2. The minimum Gasteiger partial charge on any atom is -0.456 e. The van der Waals surface area contributed by atoms with Gasteiger partial charge in [0.1, 0.15) is 36.6 Å². The zero-order chi connectivity index (χ0) is 35.7. The van der Waals surface area contributed by atoms with Crippen molar-refractivity contribution in [3.8, 4) is 0 Å². The molecule has 3 aliphatic rings. The van der Waals surface area contributed by atoms with E-state index >= 15 is 0 Å². The number of nitrogens with zero attached hydrogens (tertiary/aromatic N) is 1. The third-order valence-corrected chi connectivity index (χ3v) is 9.70. The molecule has 274 valence electrons. The number of carbonyl (C=O) groups excluding carboxylic acids is 2. The number of ketones is 1. The lowest BCUT2D eigenvalue weighted by Gasteiger charge is -2.43. The largest absolute Gasteiger partial charge is 0.456 e. The Kier molecular flexibility index (Phi) is 15.9. The van der Waals surface area contributed by atoms with Gasteiger partial charge in [0.05, 0.1) is 18.3 Å². The molecule has 12 heteroatoms. The Morgan fingerprint density at radius 3 is 2.15 bits per heavy atom. The normalized spacial score (nSPS) is 44.2. The summed E-state index contributed by atoms with van der Waals surface area (Å²) in [6.45, 7) is 11.4. The minimum atomic E-state index is -0.945. The number of hydrogen-bond acceptors (Lipinski definition) is 12. The van der Waals surface area contributed by atoms with Gasteiger partial charge in [0.25, 0.3) is 0 Å². The maximum atomic E-state index is 13.3. The van der Waals surface area contributed by atoms with Crippen molar-refractivity contribution in [2.75, 3.05) is 28.3 Å². The van der Waals surface area contributed by atoms with E-state index in [0.29, 0.717) is 19.3 Å². The van der Waals surface area contributed by atoms with Crippen molar-refractivity contribution in [3.05, 3.63) is 36.5 Å². The number of methoxy groups -OCH3 is 2. The molecule has 3 rings (SSSR count). The SMILES string of the molecule is CCC1OC(=O)/C=C\[C@H](C)[C@@H](O[C@@H]2OC(C)C[C@H](N(C)C)[C@H]2O)[C@@H](C)C[C@@H](C)C(=O)/C=C\C=C/[C@@H]1O[C@@H]1O[C@H](C)[C@@H](O)[C@@H](OC)[C@H]1OC. The average Bonchev–Trinajstić information content (AvgIpc) is 3.04. The average molecular weight is 682 g/mol. The first kappa shape index (κ1) is 40.4. The van der Waals surface area contributed by atoms with Gasteiger partial charge < -0.3 is 48.3 Å². The number of likely N-dealkylation sites (N-methyl/N-ethyl adjacent to an activating group) is 1. The molecule has 0 aliphatic carbocycles. The number of aliphatic hydroxyl groups excluding tert-OH is 2. The summed E-state index contributed by atoms with van der Waals surface area (Å²) in [7, 11) is 6.80. The van der Waals surface area contributed by atoms with Crippen molar-refractivity contribution >= 4 is 11.8 Å². The molecule has 3 aliphatic heterocycles. The van der Waals surface area contributed by atoms with Crippen LogP contribution in [-0.4, -0.2) is 129 Å². The predicted molar refractivity (Wildman–Crippen MR) is 179 cm³/mol. The van der Waals surface area contributed by atoms with Crippen LogP contribution in [-0.2, 0) is 42.7 Å². The fourth-order valence-electron chi connectivity index (χ4n) is 6.82. The molecule has 0 aromatic rings. The van der Waals surface area contributed by atoms with Crippen molar-refractivity contribution < 1.29 is 53.0 Å². The van der Waals surface area contributed by atoms with Crippen molar-refractivity contribution in [3.63, 3.8) is 0 Å². The fourth-order valence-corrected chi connectivity index (χ4v) is 6.82. The molecule has 2 saturated heterocycles. The van der Waals surface area contributed by atoms with Gasteiger partial charge in [-0.15, -0.1) is 0 Å². The van der Waals surface area contributed by atoms with Gasteiger partial charge in [0.15, 0.2) is 18.4 Å². The maximum Gasteiger partial charge on any atom is 0.330 e. The Hall–Kier alpha value is -2.00. The van der Waals surface area contributed by atoms with E-state index < -0.39 is 67.4 Å². The van der Waals surface area contributed by atoms with E-state index in [1.165, 1.54) is 26.4 Å². The molecule has 2 fully saturated rings. The summed E-state index contributed by atoms with van der Waals surface area (Å²) in [6.07, 6.45) is 3.45. The van der Waals surface area contributed by atoms with Gasteiger partial charge in [-0.2, -0.15) is 0 Å². The van der Waals surface area contributed by atoms with Crippen LogP contribution < -0.4 is 0 Å². The molecular formula is C36H59NO11. The van der Waals surface area contributed by atoms with Gasteiger partial charge in [0, 0.05) is 38.2 Å². The summed E-state index contributed by atoms with van der Waals surface area (Å²) in [4.78, 5) is 28.4. The first-order valence-electron chi connectivity index (χ1n) is 17.2. The number of carbonyl (C=O) groups is 2. The molecule has 2 N–H and O–H groups in total. The van der Waals surface area contributed by atoms with Crippen LogP contribution in [0, 0.1) is 17.8 Å². The molecule has 48 heavy (non-hydrogen) atoms. The van der Waals surface area contributed by atoms with Crippen molar-refractivity contribution in [2.24, 2.45) is 17.8 Å². The molecule has 0 spiro atoms. The Labute approximate surface area is 286 Å². The van der Waals surface area contributed by atoms with Gasteiger partial charge in [-0.05, 0) is 59.2 Å². The van der Waals surface area contributed by atoms with Crippen LogP contribution >= 0.6 is 0 Å². The molecule has 0 radical (unpaired) electrons. The van der Waals surface area contributed by atoms with E-state index in [0.717, 1.165) is 0 Å². The lowest BCUT2D eigenvalue weighted by atomic mass is 9.84. The number of aliphatic hydroxyl groups is 2. The third kappa shape index (κ3) is 10.5. The topological polar surface area (TPSA) is 142 Å². The van der Waals surface area contributed by atoms with E-state index in [2.05, 4.69) is 0 Å². The minimum absolute atomic E-state index is 0.0486. The quantitative estimate of drug-likeness (QED) is 0.364. The highest BCUT2D eigenvalue weighted by molar-refractivity contribution is 5.91. The van der Waals surface area contributed by atoms with Crippen molar-refractivity contribution in [2.45, 2.75) is 134 Å². The molecule has 0 amide bonds. The second kappa shape index (κ2) is 18.8. The number of cyclic esters (lactones) is 1. The summed E-state index contributed by atoms with van der Waals surface area (Å²) in [5.41, 5.74) is 0. The van der Waals surface area contributed by atoms with Crippen LogP contribution in [0.25, 0.3) is 0 Å². The fraction of sp³-hybridized carbons (Fsp3) is 0.778. The summed E-state index contributed by atoms with van der Waals surface area (Å²) in [5, 5.41) is 21.8. The summed E-state index contributed by atoms with van der Waals surface area (Å²) in [5.74, 6) is -1.34. The van der Waals surface area contributed by atoms with E-state index in [4.69, 9.17) is 33.2 Å². The standard InChI is InChI=1S/C36H59NO11/c1-11-27-28(47-36-34(43-10)33(42-9)30(40)24(6)45-36)15-13-12-14-26(38)21(3)18-22(4)32(20(2)16-17-29(39)46-27)48-35-31(41)25(37(7)8)19-23(5)44-35/h12-17,20-25,27-28,30-36,40-41H,11,18-19H2,1-10H3/b14-12-,15-13-,17-16-/t20-,21+,22-,23?,24+,25-,27?,28-,30+,31+,32+,33+,34+,35-,36-/m0/s1. The van der Waals surface area contributed by atoms with Gasteiger partial charge in [0.2, 0.25) is 0 Å². The number of rotatable bonds is 8. The Morgan fingerprint density at radius 2 is 1.52 bits per heavy atom. The zero-order valence-electron chi connectivity index (χ0n) is 30.3. The molecule has 15 atom stereocenters. The molecule has 3 heterocycles. The van der Waals surface area contributed by atoms with Crippen LogP contribution in [0.4, 0.5) is 0 Å². The van der Waals surface area contributed by atoms with Crippen LogP contribution in [0.5, 0.6) is 0 Å². The second-order valence-corrected chi connectivity index (χ2v) is 13.7. The molecule has 0 aromatic heterocycles. The Balaban J connectivity index is 1.90. The number of ether oxygens (including phenoxy) is 7. The van der Waals surface area contributed by atoms with Crippen LogP contribution in [0.2, 0.25) is 0 Å². The molecule has 12 nitrogen and oxygen atoms in total. The Morgan fingerprint density at radius 1 is 0.833 bits per heavy atom. The molecular weight excluding hydrogens is 622 g/mol. The van der Waals surface area contributed by atoms with Crippen molar-refractivity contribution in [1.82, 2.24) is 4.90 Å². The lowest BCUT2D eigenvalue weighted by Crippen LogP contribution is -2.59. The maximum absolute atomic E-state index is 13.3. The smallest absolute Gasteiger partial charge is 0.330 e. The van der Waals surface area contributed by atoms with Gasteiger partial charge in [-0.1, -0.05) is 52.0 Å². The highest BCUT2D eigenvalue weighted by Gasteiger charge is 2.46. The van der Waals surface area contributed by atoms with E-state index in [1.54, 1.807) is 31.2 Å². The van der Waals surface area contributed by atoms with Gasteiger partial charge in [-0.25, -0.2) is 4.79 Å². The monoisotopic (exact) mass is 681 g/mol. The molecule has 0 saturated carbocycles. The summed E-state index contributed by atoms with van der Waals surface area (Å²) >= 11 is 0. The highest BCUT2D eigenvalue weighted by Crippen LogP contribution is 2.32. The van der Waals surface area contributed by atoms with E-state index in [-0.39, 0.29) is 35.7 Å². The van der Waals surface area contributed by atoms with Crippen LogP contribution in [0.3, 0.4) is 0 Å². The lowest BCUT2D eigenvalue weighted by molar-refractivity contribution is -0.313. The molecule has 2 unspecified atom stereocenters. The molecule has 0 aromatic carbocycles. The van der Waals surface area contributed by atoms with E-state index in [1.807, 2.05) is 53.6 Å². The zero-order valence-corrected chi connectivity index (χ0v) is 30.3. The van der Waals surface area contributed by atoms with Gasteiger partial charge >= 0.3 is 5.97 Å². The highest BCUT2D eigenvalue weighted by atomic mass is 16.7. The third-order valence-electron chi connectivity index (χ3n) is 9.70. The second-order valence-electron chi connectivity index (χ2n) is 13.7. The molecule has 0 bridgehead atoms. The van der Waals surface area contributed by atoms with Gasteiger partial charge in [-0.3, -0.25) is 4.79 Å². The number of allylic oxidation sites excluding steroid dienone is 3. The number of esters is 1. The van der Waals surface area contributed by atoms with Crippen LogP contribution in [0.1, 0.15) is 60.8 Å². The van der Waals surface area contributed by atoms with E-state index in [9.17, 15) is 19.8 Å². The first-order chi connectivity index (χ1) is 22.7. The van der Waals surface area contributed by atoms with Crippen LogP contribution in [0.15, 0.2) is 36.5 Å².